The number of methoxy groups -OCH3 is 1. The van der Waals surface area contributed by atoms with Crippen LogP contribution in [0, 0.1) is 0 Å². The molecule has 1 aliphatic carbocycles. The number of fused-ring (bicyclic) bond motifs is 1. The Kier molecular flexibility index (Phi) is 12.6. The number of esters is 4. The Balaban J connectivity index is 1.13. The molecule has 1 fully saturated rings. The first-order chi connectivity index (χ1) is 25.2. The van der Waals surface area contributed by atoms with Crippen molar-refractivity contribution in [2.75, 3.05) is 20.3 Å². The smallest absolute Gasteiger partial charge is 0.343 e. The highest BCUT2D eigenvalue weighted by atomic mass is 16.6. The molecule has 3 unspecified atom stereocenters. The average Bonchev–Trinajstić information content (AvgIpc) is 3.17. The van der Waals surface area contributed by atoms with E-state index in [2.05, 4.69) is 19.7 Å². The molecule has 1 saturated carbocycles. The van der Waals surface area contributed by atoms with Crippen molar-refractivity contribution in [2.24, 2.45) is 0 Å². The van der Waals surface area contributed by atoms with Crippen LogP contribution in [-0.2, 0) is 28.6 Å². The molecular weight excluding hydrogens is 668 g/mol. The number of rotatable bonds is 15. The van der Waals surface area contributed by atoms with E-state index in [1.165, 1.54) is 0 Å². The summed E-state index contributed by atoms with van der Waals surface area (Å²) >= 11 is 0. The minimum atomic E-state index is -0.666. The molecule has 0 spiro atoms. The molecule has 5 rings (SSSR count). The van der Waals surface area contributed by atoms with E-state index in [0.29, 0.717) is 47.8 Å². The summed E-state index contributed by atoms with van der Waals surface area (Å²) in [5.41, 5.74) is 2.10. The van der Waals surface area contributed by atoms with Crippen LogP contribution in [-0.4, -0.2) is 62.5 Å². The van der Waals surface area contributed by atoms with Crippen molar-refractivity contribution in [1.29, 1.82) is 0 Å². The first-order valence-electron chi connectivity index (χ1n) is 16.5. The maximum absolute atomic E-state index is 12.9. The number of benzene rings is 4. The number of ether oxygens (including phenoxy) is 7. The van der Waals surface area contributed by atoms with Crippen LogP contribution in [0.4, 0.5) is 0 Å². The highest BCUT2D eigenvalue weighted by Gasteiger charge is 2.35. The van der Waals surface area contributed by atoms with Crippen molar-refractivity contribution < 1.29 is 52.3 Å². The fourth-order valence-electron chi connectivity index (χ4n) is 5.66. The van der Waals surface area contributed by atoms with Gasteiger partial charge in [-0.25, -0.2) is 19.2 Å². The van der Waals surface area contributed by atoms with Crippen molar-refractivity contribution in [3.8, 4) is 34.1 Å². The second-order valence-electron chi connectivity index (χ2n) is 11.6. The number of hydrogen-bond acceptors (Lipinski definition) is 11. The summed E-state index contributed by atoms with van der Waals surface area (Å²) in [5.74, 6) is -0.437. The van der Waals surface area contributed by atoms with Gasteiger partial charge in [0, 0.05) is 24.6 Å². The largest absolute Gasteiger partial charge is 0.493 e. The van der Waals surface area contributed by atoms with Gasteiger partial charge in [0.2, 0.25) is 0 Å². The fourth-order valence-corrected chi connectivity index (χ4v) is 5.66. The summed E-state index contributed by atoms with van der Waals surface area (Å²) < 4.78 is 39.1. The van der Waals surface area contributed by atoms with E-state index in [1.54, 1.807) is 61.7 Å². The van der Waals surface area contributed by atoms with Gasteiger partial charge in [-0.2, -0.15) is 0 Å². The lowest BCUT2D eigenvalue weighted by Gasteiger charge is -2.34. The van der Waals surface area contributed by atoms with Gasteiger partial charge in [0.05, 0.1) is 25.4 Å². The lowest BCUT2D eigenvalue weighted by Crippen LogP contribution is -2.42. The Bertz CT molecular complexity index is 1960. The van der Waals surface area contributed by atoms with Crippen molar-refractivity contribution >= 4 is 34.6 Å². The van der Waals surface area contributed by atoms with Crippen LogP contribution in [0.5, 0.6) is 23.0 Å². The SMILES string of the molecule is C=CC(=O)Oc1ccc2cc(C(=O)Oc3ccc(-c4ccc(OCCOC5CCC(OC(=O)C=C)C(OC(=O)C=C)C5)c(OC)c4)cc3)ccc2c1. The first-order valence-corrected chi connectivity index (χ1v) is 16.5. The third kappa shape index (κ3) is 9.73. The average molecular weight is 707 g/mol. The van der Waals surface area contributed by atoms with Gasteiger partial charge in [0.1, 0.15) is 30.3 Å². The molecule has 0 saturated heterocycles. The molecule has 0 radical (unpaired) electrons. The van der Waals surface area contributed by atoms with Gasteiger partial charge in [-0.1, -0.05) is 50.1 Å². The molecule has 0 N–H and O–H groups in total. The molecule has 4 aromatic carbocycles. The van der Waals surface area contributed by atoms with Crippen molar-refractivity contribution in [3.63, 3.8) is 0 Å². The van der Waals surface area contributed by atoms with E-state index in [1.807, 2.05) is 24.3 Å². The van der Waals surface area contributed by atoms with E-state index < -0.39 is 36.1 Å². The zero-order chi connectivity index (χ0) is 37.0. The summed E-state index contributed by atoms with van der Waals surface area (Å²) in [6.45, 7) is 10.7. The minimum Gasteiger partial charge on any atom is -0.493 e. The molecule has 0 heterocycles. The summed E-state index contributed by atoms with van der Waals surface area (Å²) in [6, 6.07) is 22.9. The zero-order valence-electron chi connectivity index (χ0n) is 28.6. The van der Waals surface area contributed by atoms with E-state index in [9.17, 15) is 19.2 Å². The van der Waals surface area contributed by atoms with Gasteiger partial charge in [-0.15, -0.1) is 0 Å². The van der Waals surface area contributed by atoms with Crippen molar-refractivity contribution in [2.45, 2.75) is 37.6 Å². The number of hydrogen-bond donors (Lipinski definition) is 0. The van der Waals surface area contributed by atoms with Gasteiger partial charge in [0.15, 0.2) is 11.5 Å². The highest BCUT2D eigenvalue weighted by molar-refractivity contribution is 5.97. The molecule has 4 aromatic rings. The third-order valence-corrected chi connectivity index (χ3v) is 8.24. The van der Waals surface area contributed by atoms with E-state index in [0.717, 1.165) is 40.1 Å². The molecule has 11 nitrogen and oxygen atoms in total. The summed E-state index contributed by atoms with van der Waals surface area (Å²) in [7, 11) is 1.55. The van der Waals surface area contributed by atoms with Crippen LogP contribution < -0.4 is 18.9 Å². The maximum atomic E-state index is 12.9. The van der Waals surface area contributed by atoms with Crippen LogP contribution in [0.3, 0.4) is 0 Å². The van der Waals surface area contributed by atoms with Crippen LogP contribution in [0.15, 0.2) is 117 Å². The van der Waals surface area contributed by atoms with Gasteiger partial charge in [0.25, 0.3) is 0 Å². The molecule has 52 heavy (non-hydrogen) atoms. The van der Waals surface area contributed by atoms with Gasteiger partial charge in [-0.3, -0.25) is 0 Å². The quantitative estimate of drug-likeness (QED) is 0.0549. The Morgan fingerprint density at radius 2 is 1.31 bits per heavy atom. The lowest BCUT2D eigenvalue weighted by atomic mass is 9.92. The van der Waals surface area contributed by atoms with Crippen molar-refractivity contribution in [1.82, 2.24) is 0 Å². The fraction of sp³-hybridized carbons (Fsp3) is 0.220. The number of carbonyl (C=O) groups is 4. The van der Waals surface area contributed by atoms with E-state index in [4.69, 9.17) is 33.2 Å². The molecule has 11 heteroatoms. The number of carbonyl (C=O) groups excluding carboxylic acids is 4. The summed E-state index contributed by atoms with van der Waals surface area (Å²) in [5, 5.41) is 1.58. The van der Waals surface area contributed by atoms with Crippen molar-refractivity contribution in [3.05, 3.63) is 122 Å². The normalized spacial score (nSPS) is 16.5. The van der Waals surface area contributed by atoms with E-state index in [-0.39, 0.29) is 19.3 Å². The Morgan fingerprint density at radius 3 is 2.02 bits per heavy atom. The van der Waals surface area contributed by atoms with Crippen LogP contribution in [0.25, 0.3) is 21.9 Å². The predicted octanol–water partition coefficient (Wildman–Crippen LogP) is 6.97. The lowest BCUT2D eigenvalue weighted by molar-refractivity contribution is -0.171. The molecule has 3 atom stereocenters. The van der Waals surface area contributed by atoms with Crippen LogP contribution >= 0.6 is 0 Å². The molecule has 1 aliphatic rings. The Morgan fingerprint density at radius 1 is 0.654 bits per heavy atom. The second-order valence-corrected chi connectivity index (χ2v) is 11.6. The molecule has 0 amide bonds. The summed E-state index contributed by atoms with van der Waals surface area (Å²) in [6.07, 6.45) is 3.16. The Labute approximate surface area is 301 Å². The maximum Gasteiger partial charge on any atom is 0.343 e. The topological polar surface area (TPSA) is 133 Å². The predicted molar refractivity (Wildman–Crippen MR) is 192 cm³/mol. The second kappa shape index (κ2) is 17.6. The van der Waals surface area contributed by atoms with Crippen LogP contribution in [0.1, 0.15) is 29.6 Å². The molecule has 268 valence electrons. The molecule has 0 bridgehead atoms. The Hall–Kier alpha value is -6.20. The minimum absolute atomic E-state index is 0.227. The highest BCUT2D eigenvalue weighted by Crippen LogP contribution is 2.34. The molecule has 0 aromatic heterocycles. The van der Waals surface area contributed by atoms with Gasteiger partial charge >= 0.3 is 23.9 Å². The van der Waals surface area contributed by atoms with E-state index >= 15 is 0 Å². The molecule has 0 aliphatic heterocycles. The van der Waals surface area contributed by atoms with Gasteiger partial charge < -0.3 is 33.2 Å². The first kappa shape index (κ1) is 37.1. The monoisotopic (exact) mass is 706 g/mol. The third-order valence-electron chi connectivity index (χ3n) is 8.24. The van der Waals surface area contributed by atoms with Gasteiger partial charge in [-0.05, 0) is 83.3 Å². The van der Waals surface area contributed by atoms with Crippen LogP contribution in [0.2, 0.25) is 0 Å². The summed E-state index contributed by atoms with van der Waals surface area (Å²) in [4.78, 5) is 48.0. The standard InChI is InChI=1S/C41H38O11/c1-5-38(42)49-33-16-12-27-22-30(9-8-28(27)23-33)41(45)50-31-14-10-26(11-15-31)29-13-18-34(36(24-29)46-4)48-21-20-47-32-17-19-35(51-39(43)6-2)37(25-32)52-40(44)7-3/h5-16,18,22-24,32,35,37H,1-3,17,19-21,25H2,4H3. The molecular formula is C41H38O11. The zero-order valence-corrected chi connectivity index (χ0v) is 28.6.